The maximum absolute atomic E-state index is 11.9. The normalized spacial score (nSPS) is 11.5. The number of nitrogens with zero attached hydrogens (tertiary/aromatic N) is 3. The Hall–Kier alpha value is -2.87. The first-order chi connectivity index (χ1) is 11.8. The zero-order chi connectivity index (χ0) is 18.2. The Labute approximate surface area is 149 Å². The van der Waals surface area contributed by atoms with E-state index >= 15 is 0 Å². The van der Waals surface area contributed by atoms with Gasteiger partial charge >= 0.3 is 0 Å². The van der Waals surface area contributed by atoms with E-state index in [2.05, 4.69) is 30.6 Å². The molecule has 0 fully saturated rings. The molecular formula is C16H18ClN7O. The van der Waals surface area contributed by atoms with Crippen LogP contribution in [0.15, 0.2) is 24.7 Å². The van der Waals surface area contributed by atoms with Crippen molar-refractivity contribution in [3.05, 3.63) is 29.7 Å². The molecule has 0 radical (unpaired) electrons. The summed E-state index contributed by atoms with van der Waals surface area (Å²) in [6.07, 6.45) is 4.83. The Balaban J connectivity index is 2.05. The lowest BCUT2D eigenvalue weighted by atomic mass is 10.1. The second kappa shape index (κ2) is 6.21. The molecule has 3 heterocycles. The number of nitrogens with two attached hydrogens (primary N) is 1. The Morgan fingerprint density at radius 2 is 2.08 bits per heavy atom. The third-order valence-electron chi connectivity index (χ3n) is 3.79. The number of aromatic nitrogens is 4. The van der Waals surface area contributed by atoms with Gasteiger partial charge in [0.15, 0.2) is 0 Å². The molecule has 9 heteroatoms. The third kappa shape index (κ3) is 3.20. The van der Waals surface area contributed by atoms with Crippen LogP contribution in [0.3, 0.4) is 0 Å². The number of anilines is 2. The third-order valence-corrected chi connectivity index (χ3v) is 4.00. The van der Waals surface area contributed by atoms with Crippen LogP contribution in [0.4, 0.5) is 11.6 Å². The van der Waals surface area contributed by atoms with Gasteiger partial charge in [-0.25, -0.2) is 15.0 Å². The first-order valence-corrected chi connectivity index (χ1v) is 7.95. The van der Waals surface area contributed by atoms with Gasteiger partial charge in [-0.2, -0.15) is 0 Å². The molecule has 0 spiro atoms. The van der Waals surface area contributed by atoms with Crippen LogP contribution in [0.5, 0.6) is 0 Å². The van der Waals surface area contributed by atoms with Gasteiger partial charge in [-0.3, -0.25) is 4.79 Å². The molecule has 0 aliphatic rings. The summed E-state index contributed by atoms with van der Waals surface area (Å²) >= 11 is 6.05. The summed E-state index contributed by atoms with van der Waals surface area (Å²) in [5, 5.41) is 6.93. The van der Waals surface area contributed by atoms with Crippen molar-refractivity contribution in [2.45, 2.75) is 19.4 Å². The highest BCUT2D eigenvalue weighted by atomic mass is 35.5. The monoisotopic (exact) mass is 359 g/mol. The van der Waals surface area contributed by atoms with E-state index in [1.54, 1.807) is 39.4 Å². The van der Waals surface area contributed by atoms with E-state index in [9.17, 15) is 4.79 Å². The molecule has 0 atom stereocenters. The minimum atomic E-state index is -0.882. The molecule has 0 saturated carbocycles. The van der Waals surface area contributed by atoms with Crippen molar-refractivity contribution < 1.29 is 4.79 Å². The Morgan fingerprint density at radius 3 is 2.80 bits per heavy atom. The second-order valence-electron chi connectivity index (χ2n) is 6.08. The molecular weight excluding hydrogens is 342 g/mol. The average molecular weight is 360 g/mol. The Morgan fingerprint density at radius 1 is 1.32 bits per heavy atom. The number of H-pyrrole nitrogens is 1. The van der Waals surface area contributed by atoms with E-state index in [-0.39, 0.29) is 5.91 Å². The van der Waals surface area contributed by atoms with E-state index in [4.69, 9.17) is 17.3 Å². The number of aromatic amines is 1. The number of nitrogen functional groups attached to an aromatic ring is 1. The number of halogens is 1. The lowest BCUT2D eigenvalue weighted by molar-refractivity contribution is -0.124. The molecule has 0 saturated heterocycles. The predicted molar refractivity (Wildman–Crippen MR) is 98.3 cm³/mol. The van der Waals surface area contributed by atoms with Gasteiger partial charge in [0.1, 0.15) is 16.9 Å². The van der Waals surface area contributed by atoms with Crippen LogP contribution in [0.1, 0.15) is 13.8 Å². The van der Waals surface area contributed by atoms with Gasteiger partial charge in [-0.05, 0) is 19.9 Å². The summed E-state index contributed by atoms with van der Waals surface area (Å²) in [5.74, 6) is 0.111. The fourth-order valence-electron chi connectivity index (χ4n) is 2.49. The molecule has 25 heavy (non-hydrogen) atoms. The lowest BCUT2D eigenvalue weighted by Gasteiger charge is -2.24. The van der Waals surface area contributed by atoms with Crippen LogP contribution < -0.4 is 16.4 Å². The minimum absolute atomic E-state index is 0.183. The number of fused-ring (bicyclic) bond motifs is 1. The zero-order valence-electron chi connectivity index (χ0n) is 14.0. The van der Waals surface area contributed by atoms with Crippen LogP contribution in [0.2, 0.25) is 5.02 Å². The molecule has 0 aliphatic heterocycles. The number of pyridine rings is 1. The SMILES string of the molecule is CNC(=O)C(C)(C)Nc1ncc(N)c(-c2c[nH]c3ncc(Cl)cc23)n1. The number of nitrogens with one attached hydrogen (secondary N) is 3. The van der Waals surface area contributed by atoms with Gasteiger partial charge in [-0.1, -0.05) is 11.6 Å². The second-order valence-corrected chi connectivity index (χ2v) is 6.52. The fourth-order valence-corrected chi connectivity index (χ4v) is 2.65. The summed E-state index contributed by atoms with van der Waals surface area (Å²) in [6, 6.07) is 1.79. The van der Waals surface area contributed by atoms with E-state index in [0.717, 1.165) is 10.9 Å². The highest BCUT2D eigenvalue weighted by Crippen LogP contribution is 2.32. The number of hydrogen-bond donors (Lipinski definition) is 4. The van der Waals surface area contributed by atoms with Crippen LogP contribution in [0, 0.1) is 0 Å². The predicted octanol–water partition coefficient (Wildman–Crippen LogP) is 2.19. The van der Waals surface area contributed by atoms with Gasteiger partial charge < -0.3 is 21.4 Å². The topological polar surface area (TPSA) is 122 Å². The number of likely N-dealkylation sites (N-methyl/N-ethyl adjacent to an activating group) is 1. The van der Waals surface area contributed by atoms with Crippen molar-refractivity contribution in [1.82, 2.24) is 25.3 Å². The summed E-state index contributed by atoms with van der Waals surface area (Å²) in [4.78, 5) is 27.9. The van der Waals surface area contributed by atoms with Crippen molar-refractivity contribution in [1.29, 1.82) is 0 Å². The smallest absolute Gasteiger partial charge is 0.244 e. The van der Waals surface area contributed by atoms with Crippen molar-refractivity contribution in [2.24, 2.45) is 0 Å². The van der Waals surface area contributed by atoms with Gasteiger partial charge in [0.25, 0.3) is 0 Å². The van der Waals surface area contributed by atoms with Crippen LogP contribution >= 0.6 is 11.6 Å². The van der Waals surface area contributed by atoms with E-state index in [1.807, 2.05) is 0 Å². The summed E-state index contributed by atoms with van der Waals surface area (Å²) < 4.78 is 0. The Kier molecular flexibility index (Phi) is 4.22. The largest absolute Gasteiger partial charge is 0.396 e. The van der Waals surface area contributed by atoms with Crippen molar-refractivity contribution in [3.63, 3.8) is 0 Å². The first-order valence-electron chi connectivity index (χ1n) is 7.57. The summed E-state index contributed by atoms with van der Waals surface area (Å²) in [5.41, 5.74) is 7.55. The Bertz CT molecular complexity index is 951. The van der Waals surface area contributed by atoms with Crippen molar-refractivity contribution in [2.75, 3.05) is 18.1 Å². The molecule has 0 aliphatic carbocycles. The molecule has 1 amide bonds. The highest BCUT2D eigenvalue weighted by molar-refractivity contribution is 6.31. The lowest BCUT2D eigenvalue weighted by Crippen LogP contribution is -2.47. The molecule has 5 N–H and O–H groups in total. The van der Waals surface area contributed by atoms with Gasteiger partial charge in [0, 0.05) is 30.4 Å². The average Bonchev–Trinajstić information content (AvgIpc) is 2.98. The molecule has 3 aromatic heterocycles. The van der Waals surface area contributed by atoms with E-state index in [1.165, 1.54) is 6.20 Å². The molecule has 0 aromatic carbocycles. The number of carbonyl (C=O) groups excluding carboxylic acids is 1. The van der Waals surface area contributed by atoms with Crippen molar-refractivity contribution >= 4 is 40.2 Å². The van der Waals surface area contributed by atoms with E-state index < -0.39 is 5.54 Å². The maximum Gasteiger partial charge on any atom is 0.244 e. The number of rotatable bonds is 4. The molecule has 3 aromatic rings. The highest BCUT2D eigenvalue weighted by Gasteiger charge is 2.27. The number of carbonyl (C=O) groups is 1. The molecule has 0 bridgehead atoms. The number of hydrogen-bond acceptors (Lipinski definition) is 6. The first kappa shape index (κ1) is 17.0. The van der Waals surface area contributed by atoms with Crippen LogP contribution in [-0.4, -0.2) is 38.4 Å². The standard InChI is InChI=1S/C16H18ClN7O/c1-16(2,14(25)19-3)24-15-22-7-11(18)12(23-15)10-6-21-13-9(10)4-8(17)5-20-13/h4-7H,18H2,1-3H3,(H,19,25)(H,20,21)(H,22,23,24). The molecule has 130 valence electrons. The van der Waals surface area contributed by atoms with Crippen LogP contribution in [-0.2, 0) is 4.79 Å². The fraction of sp³-hybridized carbons (Fsp3) is 0.250. The van der Waals surface area contributed by atoms with Gasteiger partial charge in [-0.15, -0.1) is 0 Å². The van der Waals surface area contributed by atoms with E-state index in [0.29, 0.717) is 28.0 Å². The van der Waals surface area contributed by atoms with Crippen molar-refractivity contribution in [3.8, 4) is 11.3 Å². The van der Waals surface area contributed by atoms with Crippen LogP contribution in [0.25, 0.3) is 22.3 Å². The summed E-state index contributed by atoms with van der Waals surface area (Å²) in [6.45, 7) is 3.47. The quantitative estimate of drug-likeness (QED) is 0.566. The summed E-state index contributed by atoms with van der Waals surface area (Å²) in [7, 11) is 1.57. The maximum atomic E-state index is 11.9. The molecule has 8 nitrogen and oxygen atoms in total. The number of amides is 1. The van der Waals surface area contributed by atoms with Gasteiger partial charge in [0.05, 0.1) is 16.9 Å². The minimum Gasteiger partial charge on any atom is -0.396 e. The zero-order valence-corrected chi connectivity index (χ0v) is 14.8. The van der Waals surface area contributed by atoms with Gasteiger partial charge in [0.2, 0.25) is 11.9 Å². The molecule has 0 unspecified atom stereocenters. The molecule has 3 rings (SSSR count).